The van der Waals surface area contributed by atoms with E-state index in [1.165, 1.54) is 22.6 Å². The van der Waals surface area contributed by atoms with Gasteiger partial charge in [0.25, 0.3) is 0 Å². The Morgan fingerprint density at radius 1 is 1.18 bits per heavy atom. The molecule has 28 heavy (non-hydrogen) atoms. The minimum Gasteiger partial charge on any atom is -0.478 e. The second-order valence-corrected chi connectivity index (χ2v) is 7.38. The SMILES string of the molecule is Cc1ccc2nc(-c3ccc(NC(=O)Cn4cc(C(=O)O)cn4)cc3)sc2c1. The fraction of sp³-hybridized carbons (Fsp3) is 0.100. The average Bonchev–Trinajstić information content (AvgIpc) is 3.29. The quantitative estimate of drug-likeness (QED) is 0.538. The second kappa shape index (κ2) is 7.24. The summed E-state index contributed by atoms with van der Waals surface area (Å²) in [6, 6.07) is 13.6. The Morgan fingerprint density at radius 3 is 2.68 bits per heavy atom. The van der Waals surface area contributed by atoms with Crippen molar-refractivity contribution in [3.8, 4) is 10.6 Å². The summed E-state index contributed by atoms with van der Waals surface area (Å²) >= 11 is 1.63. The van der Waals surface area contributed by atoms with Crippen LogP contribution in [0, 0.1) is 6.92 Å². The van der Waals surface area contributed by atoms with Crippen LogP contribution in [-0.2, 0) is 11.3 Å². The molecule has 8 heteroatoms. The molecule has 2 heterocycles. The maximum atomic E-state index is 12.1. The molecule has 0 saturated carbocycles. The Labute approximate surface area is 164 Å². The smallest absolute Gasteiger partial charge is 0.338 e. The van der Waals surface area contributed by atoms with Crippen molar-refractivity contribution in [2.75, 3.05) is 5.32 Å². The highest BCUT2D eigenvalue weighted by Crippen LogP contribution is 2.31. The number of nitrogens with zero attached hydrogens (tertiary/aromatic N) is 3. The topological polar surface area (TPSA) is 97.1 Å². The molecule has 2 aromatic carbocycles. The van der Waals surface area contributed by atoms with E-state index in [1.54, 1.807) is 11.3 Å². The molecule has 4 rings (SSSR count). The molecular weight excluding hydrogens is 376 g/mol. The highest BCUT2D eigenvalue weighted by atomic mass is 32.1. The van der Waals surface area contributed by atoms with Crippen molar-refractivity contribution in [2.24, 2.45) is 0 Å². The summed E-state index contributed by atoms with van der Waals surface area (Å²) in [5.41, 5.74) is 3.85. The van der Waals surface area contributed by atoms with Gasteiger partial charge in [-0.3, -0.25) is 9.48 Å². The van der Waals surface area contributed by atoms with E-state index in [4.69, 9.17) is 5.11 Å². The van der Waals surface area contributed by atoms with Crippen LogP contribution in [0.3, 0.4) is 0 Å². The van der Waals surface area contributed by atoms with Crippen molar-refractivity contribution in [2.45, 2.75) is 13.5 Å². The van der Waals surface area contributed by atoms with Gasteiger partial charge in [0.1, 0.15) is 11.6 Å². The lowest BCUT2D eigenvalue weighted by Gasteiger charge is -2.06. The van der Waals surface area contributed by atoms with E-state index in [-0.39, 0.29) is 18.0 Å². The number of fused-ring (bicyclic) bond motifs is 1. The van der Waals surface area contributed by atoms with Crippen molar-refractivity contribution < 1.29 is 14.7 Å². The van der Waals surface area contributed by atoms with E-state index < -0.39 is 5.97 Å². The van der Waals surface area contributed by atoms with Crippen LogP contribution in [0.1, 0.15) is 15.9 Å². The molecule has 140 valence electrons. The van der Waals surface area contributed by atoms with E-state index in [1.807, 2.05) is 36.4 Å². The summed E-state index contributed by atoms with van der Waals surface area (Å²) in [6.07, 6.45) is 2.53. The first-order valence-corrected chi connectivity index (χ1v) is 9.33. The van der Waals surface area contributed by atoms with Crippen LogP contribution in [0.4, 0.5) is 5.69 Å². The first-order chi connectivity index (χ1) is 13.5. The number of carbonyl (C=O) groups is 2. The summed E-state index contributed by atoms with van der Waals surface area (Å²) in [5.74, 6) is -1.37. The molecule has 7 nitrogen and oxygen atoms in total. The molecule has 0 spiro atoms. The van der Waals surface area contributed by atoms with E-state index in [0.717, 1.165) is 20.8 Å². The zero-order chi connectivity index (χ0) is 19.7. The van der Waals surface area contributed by atoms with E-state index >= 15 is 0 Å². The molecule has 0 aliphatic heterocycles. The Kier molecular flexibility index (Phi) is 4.62. The van der Waals surface area contributed by atoms with Gasteiger partial charge in [0.05, 0.1) is 22.0 Å². The number of anilines is 1. The number of aromatic carboxylic acids is 1. The van der Waals surface area contributed by atoms with Gasteiger partial charge in [-0.25, -0.2) is 9.78 Å². The Balaban J connectivity index is 1.44. The molecule has 0 aliphatic rings. The molecular formula is C20H16N4O3S. The molecule has 0 aliphatic carbocycles. The summed E-state index contributed by atoms with van der Waals surface area (Å²) in [7, 11) is 0. The van der Waals surface area contributed by atoms with Crippen LogP contribution in [0.15, 0.2) is 54.9 Å². The van der Waals surface area contributed by atoms with Gasteiger partial charge in [-0.2, -0.15) is 5.10 Å². The van der Waals surface area contributed by atoms with E-state index in [2.05, 4.69) is 28.4 Å². The number of carboxylic acid groups (broad SMARTS) is 1. The van der Waals surface area contributed by atoms with Crippen LogP contribution in [-0.4, -0.2) is 31.7 Å². The minimum absolute atomic E-state index is 0.0446. The van der Waals surface area contributed by atoms with Crippen LogP contribution in [0.25, 0.3) is 20.8 Å². The molecule has 0 radical (unpaired) electrons. The van der Waals surface area contributed by atoms with Crippen molar-refractivity contribution in [1.29, 1.82) is 0 Å². The number of carbonyl (C=O) groups excluding carboxylic acids is 1. The third kappa shape index (κ3) is 3.77. The first kappa shape index (κ1) is 17.9. The van der Waals surface area contributed by atoms with Crippen LogP contribution < -0.4 is 5.32 Å². The largest absolute Gasteiger partial charge is 0.478 e. The molecule has 0 unspecified atom stereocenters. The van der Waals surface area contributed by atoms with Crippen molar-refractivity contribution in [3.05, 3.63) is 66.0 Å². The summed E-state index contributed by atoms with van der Waals surface area (Å²) in [4.78, 5) is 27.6. The average molecular weight is 392 g/mol. The van der Waals surface area contributed by atoms with Gasteiger partial charge in [-0.1, -0.05) is 6.07 Å². The van der Waals surface area contributed by atoms with Crippen molar-refractivity contribution in [3.63, 3.8) is 0 Å². The number of aromatic nitrogens is 3. The Hall–Kier alpha value is -3.52. The molecule has 0 fully saturated rings. The van der Waals surface area contributed by atoms with Gasteiger partial charge >= 0.3 is 5.97 Å². The van der Waals surface area contributed by atoms with Gasteiger partial charge in [-0.05, 0) is 48.9 Å². The third-order valence-corrected chi connectivity index (χ3v) is 5.21. The van der Waals surface area contributed by atoms with E-state index in [0.29, 0.717) is 5.69 Å². The molecule has 1 amide bonds. The highest BCUT2D eigenvalue weighted by Gasteiger charge is 2.10. The lowest BCUT2D eigenvalue weighted by Crippen LogP contribution is -2.19. The van der Waals surface area contributed by atoms with Crippen LogP contribution in [0.5, 0.6) is 0 Å². The number of thiazole rings is 1. The highest BCUT2D eigenvalue weighted by molar-refractivity contribution is 7.21. The maximum absolute atomic E-state index is 12.1. The molecule has 0 saturated heterocycles. The molecule has 2 N–H and O–H groups in total. The third-order valence-electron chi connectivity index (χ3n) is 4.15. The summed E-state index contributed by atoms with van der Waals surface area (Å²) in [5, 5.41) is 16.5. The number of amides is 1. The summed E-state index contributed by atoms with van der Waals surface area (Å²) in [6.45, 7) is 1.99. The number of carboxylic acids is 1. The van der Waals surface area contributed by atoms with Gasteiger partial charge in [0.2, 0.25) is 5.91 Å². The van der Waals surface area contributed by atoms with E-state index in [9.17, 15) is 9.59 Å². The van der Waals surface area contributed by atoms with Crippen molar-refractivity contribution >= 4 is 39.1 Å². The lowest BCUT2D eigenvalue weighted by molar-refractivity contribution is -0.116. The zero-order valence-electron chi connectivity index (χ0n) is 14.9. The number of hydrogen-bond acceptors (Lipinski definition) is 5. The number of aryl methyl sites for hydroxylation is 1. The van der Waals surface area contributed by atoms with Gasteiger partial charge in [0.15, 0.2) is 0 Å². The van der Waals surface area contributed by atoms with Crippen LogP contribution in [0.2, 0.25) is 0 Å². The number of hydrogen-bond donors (Lipinski definition) is 2. The Morgan fingerprint density at radius 2 is 1.96 bits per heavy atom. The van der Waals surface area contributed by atoms with Gasteiger partial charge < -0.3 is 10.4 Å². The molecule has 0 atom stereocenters. The fourth-order valence-corrected chi connectivity index (χ4v) is 3.83. The maximum Gasteiger partial charge on any atom is 0.338 e. The van der Waals surface area contributed by atoms with Gasteiger partial charge in [0, 0.05) is 17.4 Å². The predicted molar refractivity (Wildman–Crippen MR) is 108 cm³/mol. The number of nitrogens with one attached hydrogen (secondary N) is 1. The summed E-state index contributed by atoms with van der Waals surface area (Å²) < 4.78 is 2.43. The van der Waals surface area contributed by atoms with Gasteiger partial charge in [-0.15, -0.1) is 11.3 Å². The number of rotatable bonds is 5. The second-order valence-electron chi connectivity index (χ2n) is 6.35. The predicted octanol–water partition coefficient (Wildman–Crippen LogP) is 3.81. The molecule has 0 bridgehead atoms. The Bertz CT molecular complexity index is 1180. The zero-order valence-corrected chi connectivity index (χ0v) is 15.7. The fourth-order valence-electron chi connectivity index (χ4n) is 2.76. The standard InChI is InChI=1S/C20H16N4O3S/c1-12-2-7-16-17(8-12)28-19(23-16)13-3-5-15(6-4-13)22-18(25)11-24-10-14(9-21-24)20(26)27/h2-10H,11H2,1H3,(H,22,25)(H,26,27). The molecule has 2 aromatic heterocycles. The van der Waals surface area contributed by atoms with Crippen molar-refractivity contribution in [1.82, 2.24) is 14.8 Å². The normalized spacial score (nSPS) is 10.9. The minimum atomic E-state index is -1.08. The molecule has 4 aromatic rings. The lowest BCUT2D eigenvalue weighted by atomic mass is 10.2. The first-order valence-electron chi connectivity index (χ1n) is 8.51. The number of benzene rings is 2. The van der Waals surface area contributed by atoms with Crippen LogP contribution >= 0.6 is 11.3 Å². The monoisotopic (exact) mass is 392 g/mol.